The lowest BCUT2D eigenvalue weighted by Gasteiger charge is -2.34. The molecule has 1 fully saturated rings. The molecular formula is C17H17N3O2. The number of piperidine rings is 1. The Morgan fingerprint density at radius 1 is 1.09 bits per heavy atom. The molecule has 1 aromatic heterocycles. The van der Waals surface area contributed by atoms with Gasteiger partial charge in [-0.05, 0) is 30.4 Å². The van der Waals surface area contributed by atoms with Gasteiger partial charge in [-0.1, -0.05) is 18.2 Å². The standard InChI is InChI=1S/C17H17N3O2/c18-14-15(17(22)16(14)21)20-7-5-10(6-8-20)12-9-19-13-4-2-1-3-11(12)13/h1-4,9-10,19H,5-8,18H2. The van der Waals surface area contributed by atoms with E-state index < -0.39 is 10.9 Å². The third kappa shape index (κ3) is 1.78. The number of benzene rings is 1. The van der Waals surface area contributed by atoms with Crippen molar-refractivity contribution in [2.45, 2.75) is 18.8 Å². The van der Waals surface area contributed by atoms with Crippen LogP contribution in [0.3, 0.4) is 0 Å². The molecule has 112 valence electrons. The molecule has 22 heavy (non-hydrogen) atoms. The molecule has 5 nitrogen and oxygen atoms in total. The maximum atomic E-state index is 11.6. The number of anilines is 2. The Morgan fingerprint density at radius 2 is 1.82 bits per heavy atom. The van der Waals surface area contributed by atoms with Crippen LogP contribution in [0.25, 0.3) is 10.9 Å². The SMILES string of the molecule is Nc1c(N2CCC(c3c[nH]c4ccccc34)CC2)c(=O)c1=O. The van der Waals surface area contributed by atoms with Crippen LogP contribution in [0.2, 0.25) is 0 Å². The van der Waals surface area contributed by atoms with Crippen LogP contribution in [0.5, 0.6) is 0 Å². The number of fused-ring (bicyclic) bond motifs is 1. The summed E-state index contributed by atoms with van der Waals surface area (Å²) in [6.07, 6.45) is 4.01. The van der Waals surface area contributed by atoms with Gasteiger partial charge in [0.15, 0.2) is 0 Å². The van der Waals surface area contributed by atoms with Crippen molar-refractivity contribution in [2.24, 2.45) is 0 Å². The van der Waals surface area contributed by atoms with Gasteiger partial charge in [-0.2, -0.15) is 0 Å². The summed E-state index contributed by atoms with van der Waals surface area (Å²) >= 11 is 0. The molecule has 4 rings (SSSR count). The van der Waals surface area contributed by atoms with Crippen LogP contribution in [0.1, 0.15) is 24.3 Å². The van der Waals surface area contributed by atoms with Crippen LogP contribution in [-0.2, 0) is 0 Å². The zero-order valence-corrected chi connectivity index (χ0v) is 12.1. The largest absolute Gasteiger partial charge is 0.394 e. The maximum Gasteiger partial charge on any atom is 0.253 e. The van der Waals surface area contributed by atoms with E-state index in [1.807, 2.05) is 11.0 Å². The molecule has 0 radical (unpaired) electrons. The van der Waals surface area contributed by atoms with Crippen molar-refractivity contribution in [3.8, 4) is 0 Å². The van der Waals surface area contributed by atoms with Crippen LogP contribution < -0.4 is 21.5 Å². The molecule has 2 aromatic carbocycles. The predicted molar refractivity (Wildman–Crippen MR) is 88.3 cm³/mol. The summed E-state index contributed by atoms with van der Waals surface area (Å²) in [6.45, 7) is 1.53. The van der Waals surface area contributed by atoms with Gasteiger partial charge in [0.2, 0.25) is 0 Å². The number of H-pyrrole nitrogens is 1. The number of para-hydroxylation sites is 1. The number of rotatable bonds is 2. The summed E-state index contributed by atoms with van der Waals surface area (Å²) in [5, 5.41) is 1.27. The second-order valence-corrected chi connectivity index (χ2v) is 5.97. The maximum absolute atomic E-state index is 11.6. The summed E-state index contributed by atoms with van der Waals surface area (Å²) in [4.78, 5) is 28.2. The highest BCUT2D eigenvalue weighted by Crippen LogP contribution is 2.34. The average molecular weight is 295 g/mol. The van der Waals surface area contributed by atoms with E-state index >= 15 is 0 Å². The van der Waals surface area contributed by atoms with Gasteiger partial charge in [0, 0.05) is 30.2 Å². The minimum atomic E-state index is -0.534. The number of hydrogen-bond acceptors (Lipinski definition) is 4. The molecule has 5 heteroatoms. The monoisotopic (exact) mass is 295 g/mol. The minimum Gasteiger partial charge on any atom is -0.394 e. The zero-order valence-electron chi connectivity index (χ0n) is 12.1. The van der Waals surface area contributed by atoms with E-state index in [1.54, 1.807) is 0 Å². The first-order valence-electron chi connectivity index (χ1n) is 7.56. The van der Waals surface area contributed by atoms with E-state index in [0.717, 1.165) is 31.4 Å². The van der Waals surface area contributed by atoms with E-state index in [1.165, 1.54) is 10.9 Å². The first-order valence-corrected chi connectivity index (χ1v) is 7.56. The van der Waals surface area contributed by atoms with E-state index in [0.29, 0.717) is 11.6 Å². The van der Waals surface area contributed by atoms with Gasteiger partial charge >= 0.3 is 0 Å². The number of aromatic nitrogens is 1. The zero-order chi connectivity index (χ0) is 15.3. The Kier molecular flexibility index (Phi) is 2.82. The number of nitrogens with one attached hydrogen (secondary N) is 1. The normalized spacial score (nSPS) is 16.6. The van der Waals surface area contributed by atoms with E-state index in [2.05, 4.69) is 29.4 Å². The van der Waals surface area contributed by atoms with Crippen molar-refractivity contribution in [3.63, 3.8) is 0 Å². The van der Waals surface area contributed by atoms with Crippen LogP contribution in [0, 0.1) is 0 Å². The van der Waals surface area contributed by atoms with Gasteiger partial charge in [-0.15, -0.1) is 0 Å². The predicted octanol–water partition coefficient (Wildman–Crippen LogP) is 1.73. The van der Waals surface area contributed by atoms with Crippen molar-refractivity contribution in [3.05, 3.63) is 56.5 Å². The summed E-state index contributed by atoms with van der Waals surface area (Å²) in [6, 6.07) is 8.30. The number of nitrogens with two attached hydrogens (primary N) is 1. The molecule has 0 aliphatic carbocycles. The molecular weight excluding hydrogens is 278 g/mol. The fourth-order valence-electron chi connectivity index (χ4n) is 3.56. The van der Waals surface area contributed by atoms with Crippen molar-refractivity contribution < 1.29 is 0 Å². The second kappa shape index (κ2) is 4.73. The third-order valence-corrected chi connectivity index (χ3v) is 4.79. The second-order valence-electron chi connectivity index (χ2n) is 5.97. The molecule has 0 unspecified atom stereocenters. The molecule has 0 spiro atoms. The lowest BCUT2D eigenvalue weighted by Crippen LogP contribution is -2.45. The molecule has 1 saturated heterocycles. The molecule has 0 atom stereocenters. The Labute approximate surface area is 127 Å². The molecule has 0 bridgehead atoms. The number of aromatic amines is 1. The summed E-state index contributed by atoms with van der Waals surface area (Å²) in [5.74, 6) is 0.472. The number of nitrogen functional groups attached to an aromatic ring is 1. The van der Waals surface area contributed by atoms with E-state index in [9.17, 15) is 9.59 Å². The quantitative estimate of drug-likeness (QED) is 0.706. The Balaban J connectivity index is 1.55. The molecule has 1 aliphatic rings. The average Bonchev–Trinajstić information content (AvgIpc) is 2.99. The van der Waals surface area contributed by atoms with E-state index in [4.69, 9.17) is 5.73 Å². The van der Waals surface area contributed by atoms with Crippen LogP contribution in [-0.4, -0.2) is 18.1 Å². The van der Waals surface area contributed by atoms with Crippen LogP contribution >= 0.6 is 0 Å². The van der Waals surface area contributed by atoms with Crippen LogP contribution in [0.4, 0.5) is 11.4 Å². The van der Waals surface area contributed by atoms with Gasteiger partial charge in [0.25, 0.3) is 10.9 Å². The molecule has 2 heterocycles. The third-order valence-electron chi connectivity index (χ3n) is 4.79. The highest BCUT2D eigenvalue weighted by atomic mass is 16.2. The van der Waals surface area contributed by atoms with Gasteiger partial charge in [-0.3, -0.25) is 9.59 Å². The van der Waals surface area contributed by atoms with Crippen LogP contribution in [0.15, 0.2) is 40.1 Å². The molecule has 1 aliphatic heterocycles. The van der Waals surface area contributed by atoms with E-state index in [-0.39, 0.29) is 5.69 Å². The lowest BCUT2D eigenvalue weighted by molar-refractivity contribution is 0.507. The minimum absolute atomic E-state index is 0.135. The Hall–Kier alpha value is -2.56. The molecule has 0 saturated carbocycles. The highest BCUT2D eigenvalue weighted by Gasteiger charge is 2.28. The van der Waals surface area contributed by atoms with Crippen molar-refractivity contribution >= 4 is 22.3 Å². The van der Waals surface area contributed by atoms with Gasteiger partial charge in [-0.25, -0.2) is 0 Å². The van der Waals surface area contributed by atoms with Crippen molar-refractivity contribution in [2.75, 3.05) is 23.7 Å². The van der Waals surface area contributed by atoms with Crippen molar-refractivity contribution in [1.29, 1.82) is 0 Å². The van der Waals surface area contributed by atoms with Crippen molar-refractivity contribution in [1.82, 2.24) is 4.98 Å². The smallest absolute Gasteiger partial charge is 0.253 e. The fraction of sp³-hybridized carbons (Fsp3) is 0.294. The molecule has 0 amide bonds. The summed E-state index contributed by atoms with van der Waals surface area (Å²) in [7, 11) is 0. The fourth-order valence-corrected chi connectivity index (χ4v) is 3.56. The Morgan fingerprint density at radius 3 is 2.55 bits per heavy atom. The topological polar surface area (TPSA) is 79.2 Å². The summed E-state index contributed by atoms with van der Waals surface area (Å²) in [5.41, 5.74) is 7.76. The Bertz CT molecular complexity index is 910. The summed E-state index contributed by atoms with van der Waals surface area (Å²) < 4.78 is 0. The molecule has 3 aromatic rings. The number of nitrogens with zero attached hydrogens (tertiary/aromatic N) is 1. The molecule has 3 N–H and O–H groups in total. The van der Waals surface area contributed by atoms with Gasteiger partial charge in [0.1, 0.15) is 11.4 Å². The first kappa shape index (κ1) is 13.1. The first-order chi connectivity index (χ1) is 10.7. The number of hydrogen-bond donors (Lipinski definition) is 2. The lowest BCUT2D eigenvalue weighted by atomic mass is 9.88. The van der Waals surface area contributed by atoms with Gasteiger partial charge < -0.3 is 15.6 Å². The van der Waals surface area contributed by atoms with Gasteiger partial charge in [0.05, 0.1) is 0 Å². The highest BCUT2D eigenvalue weighted by molar-refractivity contribution is 5.83.